The molecule has 252 valence electrons. The van der Waals surface area contributed by atoms with Gasteiger partial charge in [0.2, 0.25) is 5.91 Å². The number of aromatic carboxylic acids is 1. The minimum atomic E-state index is -1.14. The molecule has 0 saturated heterocycles. The number of benzene rings is 5. The van der Waals surface area contributed by atoms with Gasteiger partial charge in [-0.1, -0.05) is 78.3 Å². The van der Waals surface area contributed by atoms with Gasteiger partial charge < -0.3 is 25.8 Å². The first-order valence-electron chi connectivity index (χ1n) is 15.5. The summed E-state index contributed by atoms with van der Waals surface area (Å²) in [5.74, 6) is -1.99. The average Bonchev–Trinajstić information content (AvgIpc) is 3.13. The Balaban J connectivity index is 1.36. The van der Waals surface area contributed by atoms with Gasteiger partial charge in [-0.25, -0.2) is 4.79 Å². The van der Waals surface area contributed by atoms with E-state index in [2.05, 4.69) is 16.0 Å². The van der Waals surface area contributed by atoms with Gasteiger partial charge in [0.25, 0.3) is 11.8 Å². The number of carbonyl (C=O) groups is 4. The number of amides is 3. The lowest BCUT2D eigenvalue weighted by atomic mass is 10.1. The molecule has 0 aromatic heterocycles. The zero-order valence-corrected chi connectivity index (χ0v) is 28.3. The molecule has 0 aliphatic heterocycles. The molecule has 0 saturated carbocycles. The van der Waals surface area contributed by atoms with Gasteiger partial charge in [-0.05, 0) is 79.2 Å². The van der Waals surface area contributed by atoms with E-state index in [1.165, 1.54) is 30.0 Å². The van der Waals surface area contributed by atoms with Crippen LogP contribution in [0.4, 0.5) is 11.4 Å². The first-order valence-corrected chi connectivity index (χ1v) is 16.7. The molecular formula is C39H32ClN3O6S. The van der Waals surface area contributed by atoms with E-state index in [0.29, 0.717) is 34.7 Å². The number of anilines is 2. The van der Waals surface area contributed by atoms with Crippen LogP contribution in [0.5, 0.6) is 5.75 Å². The molecule has 0 aliphatic carbocycles. The molecule has 0 bridgehead atoms. The van der Waals surface area contributed by atoms with Crippen LogP contribution in [-0.2, 0) is 9.59 Å². The Morgan fingerprint density at radius 1 is 0.800 bits per heavy atom. The number of thioether (sulfide) groups is 1. The maximum atomic E-state index is 13.6. The highest BCUT2D eigenvalue weighted by Crippen LogP contribution is 2.37. The molecule has 4 N–H and O–H groups in total. The van der Waals surface area contributed by atoms with E-state index in [1.807, 2.05) is 49.4 Å². The maximum Gasteiger partial charge on any atom is 0.335 e. The Hall–Kier alpha value is -5.84. The molecule has 9 nitrogen and oxygen atoms in total. The van der Waals surface area contributed by atoms with E-state index in [1.54, 1.807) is 72.8 Å². The Bertz CT molecular complexity index is 2020. The van der Waals surface area contributed by atoms with Crippen molar-refractivity contribution in [1.29, 1.82) is 0 Å². The fourth-order valence-corrected chi connectivity index (χ4v) is 5.98. The number of carboxylic acids is 1. The molecular weight excluding hydrogens is 674 g/mol. The molecule has 3 amide bonds. The van der Waals surface area contributed by atoms with Crippen LogP contribution in [0.25, 0.3) is 6.08 Å². The predicted octanol–water partition coefficient (Wildman–Crippen LogP) is 8.32. The minimum absolute atomic E-state index is 0.0101. The Morgan fingerprint density at radius 2 is 1.46 bits per heavy atom. The molecule has 0 heterocycles. The molecule has 5 rings (SSSR count). The number of ether oxygens (including phenoxy) is 1. The van der Waals surface area contributed by atoms with Crippen LogP contribution >= 0.6 is 23.4 Å². The largest absolute Gasteiger partial charge is 0.493 e. The van der Waals surface area contributed by atoms with E-state index < -0.39 is 28.9 Å². The van der Waals surface area contributed by atoms with Gasteiger partial charge in [0.1, 0.15) is 16.7 Å². The summed E-state index contributed by atoms with van der Waals surface area (Å²) < 4.78 is 5.72. The van der Waals surface area contributed by atoms with Crippen molar-refractivity contribution in [3.05, 3.63) is 160 Å². The summed E-state index contributed by atoms with van der Waals surface area (Å²) in [5, 5.41) is 17.2. The van der Waals surface area contributed by atoms with Crippen molar-refractivity contribution in [2.45, 2.75) is 17.1 Å². The van der Waals surface area contributed by atoms with Gasteiger partial charge in [0.05, 0.1) is 22.9 Å². The maximum absolute atomic E-state index is 13.6. The summed E-state index contributed by atoms with van der Waals surface area (Å²) in [5.41, 5.74) is 2.35. The lowest BCUT2D eigenvalue weighted by Crippen LogP contribution is -2.30. The number of para-hydroxylation sites is 1. The highest BCUT2D eigenvalue weighted by Gasteiger charge is 2.24. The van der Waals surface area contributed by atoms with Gasteiger partial charge in [-0.2, -0.15) is 0 Å². The molecule has 0 fully saturated rings. The molecule has 0 radical (unpaired) electrons. The third kappa shape index (κ3) is 9.40. The van der Waals surface area contributed by atoms with Gasteiger partial charge in [0, 0.05) is 21.7 Å². The summed E-state index contributed by atoms with van der Waals surface area (Å²) in [6.07, 6.45) is 1.56. The zero-order chi connectivity index (χ0) is 35.5. The van der Waals surface area contributed by atoms with Gasteiger partial charge in [-0.3, -0.25) is 14.4 Å². The first-order chi connectivity index (χ1) is 24.2. The van der Waals surface area contributed by atoms with Crippen molar-refractivity contribution in [1.82, 2.24) is 5.32 Å². The van der Waals surface area contributed by atoms with Crippen molar-refractivity contribution in [2.24, 2.45) is 0 Å². The van der Waals surface area contributed by atoms with Gasteiger partial charge in [0.15, 0.2) is 0 Å². The topological polar surface area (TPSA) is 134 Å². The van der Waals surface area contributed by atoms with Crippen LogP contribution in [0.15, 0.2) is 138 Å². The highest BCUT2D eigenvalue weighted by molar-refractivity contribution is 8.00. The second-order valence-electron chi connectivity index (χ2n) is 10.7. The number of halogens is 1. The summed E-state index contributed by atoms with van der Waals surface area (Å²) in [6, 6.07) is 35.9. The number of hydrogen-bond acceptors (Lipinski definition) is 6. The van der Waals surface area contributed by atoms with Crippen LogP contribution in [-0.4, -0.2) is 35.4 Å². The van der Waals surface area contributed by atoms with Crippen molar-refractivity contribution in [3.63, 3.8) is 0 Å². The van der Waals surface area contributed by atoms with E-state index in [0.717, 1.165) is 4.90 Å². The van der Waals surface area contributed by atoms with Gasteiger partial charge in [-0.15, -0.1) is 11.8 Å². The molecule has 1 atom stereocenters. The quantitative estimate of drug-likeness (QED) is 0.0715. The normalized spacial score (nSPS) is 11.6. The highest BCUT2D eigenvalue weighted by atomic mass is 35.5. The summed E-state index contributed by atoms with van der Waals surface area (Å²) in [6.45, 7) is 2.28. The second kappa shape index (κ2) is 17.0. The SMILES string of the molecule is CCOc1ccccc1/C=C(\NC(=O)c1ccccc1)C(=O)Nc1ccc(SC(C(=O)Nc2cc(C(=O)O)ccc2Cl)c2ccccc2)cc1. The van der Waals surface area contributed by atoms with Crippen LogP contribution in [0.2, 0.25) is 5.02 Å². The van der Waals surface area contributed by atoms with Crippen LogP contribution in [0.1, 0.15) is 44.0 Å². The molecule has 0 aliphatic rings. The van der Waals surface area contributed by atoms with Crippen LogP contribution in [0.3, 0.4) is 0 Å². The zero-order valence-electron chi connectivity index (χ0n) is 26.8. The smallest absolute Gasteiger partial charge is 0.335 e. The molecule has 5 aromatic carbocycles. The number of hydrogen-bond donors (Lipinski definition) is 4. The van der Waals surface area contributed by atoms with Crippen molar-refractivity contribution in [2.75, 3.05) is 17.2 Å². The summed E-state index contributed by atoms with van der Waals surface area (Å²) >= 11 is 7.55. The summed E-state index contributed by atoms with van der Waals surface area (Å²) in [4.78, 5) is 52.5. The van der Waals surface area contributed by atoms with E-state index in [4.69, 9.17) is 16.3 Å². The Kier molecular flexibility index (Phi) is 12.1. The first kappa shape index (κ1) is 35.5. The molecule has 5 aromatic rings. The van der Waals surface area contributed by atoms with Crippen molar-refractivity contribution < 1.29 is 29.0 Å². The molecule has 11 heteroatoms. The monoisotopic (exact) mass is 705 g/mol. The van der Waals surface area contributed by atoms with E-state index in [9.17, 15) is 24.3 Å². The van der Waals surface area contributed by atoms with Crippen molar-refractivity contribution >= 4 is 64.5 Å². The average molecular weight is 706 g/mol. The number of carbonyl (C=O) groups excluding carboxylic acids is 3. The van der Waals surface area contributed by atoms with E-state index in [-0.39, 0.29) is 22.0 Å². The predicted molar refractivity (Wildman–Crippen MR) is 197 cm³/mol. The lowest BCUT2D eigenvalue weighted by molar-refractivity contribution is -0.116. The van der Waals surface area contributed by atoms with Crippen LogP contribution in [0, 0.1) is 0 Å². The summed E-state index contributed by atoms with van der Waals surface area (Å²) in [7, 11) is 0. The third-order valence-electron chi connectivity index (χ3n) is 7.23. The lowest BCUT2D eigenvalue weighted by Gasteiger charge is -2.18. The Labute approximate surface area is 298 Å². The molecule has 0 spiro atoms. The van der Waals surface area contributed by atoms with Crippen LogP contribution < -0.4 is 20.7 Å². The Morgan fingerprint density at radius 3 is 2.14 bits per heavy atom. The molecule has 1 unspecified atom stereocenters. The van der Waals surface area contributed by atoms with Crippen molar-refractivity contribution in [3.8, 4) is 5.75 Å². The number of carboxylic acid groups (broad SMARTS) is 1. The van der Waals surface area contributed by atoms with Gasteiger partial charge >= 0.3 is 5.97 Å². The van der Waals surface area contributed by atoms with E-state index >= 15 is 0 Å². The fraction of sp³-hybridized carbons (Fsp3) is 0.0769. The fourth-order valence-electron chi connectivity index (χ4n) is 4.79. The third-order valence-corrected chi connectivity index (χ3v) is 8.82. The second-order valence-corrected chi connectivity index (χ2v) is 12.3. The minimum Gasteiger partial charge on any atom is -0.493 e. The number of rotatable bonds is 13. The number of nitrogens with one attached hydrogen (secondary N) is 3. The molecule has 50 heavy (non-hydrogen) atoms. The standard InChI is InChI=1S/C39H32ClN3O6S/c1-2-49-34-16-10-9-15-27(34)23-33(43-36(44)26-13-7-4-8-14-26)37(45)41-29-18-20-30(21-19-29)50-35(25-11-5-3-6-12-25)38(46)42-32-24-28(39(47)48)17-22-31(32)40/h3-24,35H,2H2,1H3,(H,41,45)(H,42,46)(H,43,44)(H,47,48)/b33-23-.